The van der Waals surface area contributed by atoms with Crippen molar-refractivity contribution in [2.75, 3.05) is 18.0 Å². The Morgan fingerprint density at radius 1 is 1.31 bits per heavy atom. The number of fused-ring (bicyclic) bond motifs is 1. The van der Waals surface area contributed by atoms with Crippen LogP contribution in [-0.4, -0.2) is 45.3 Å². The van der Waals surface area contributed by atoms with Crippen LogP contribution in [0.4, 0.5) is 10.1 Å². The van der Waals surface area contributed by atoms with Gasteiger partial charge in [0.15, 0.2) is 0 Å². The normalized spacial score (nSPS) is 24.6. The molecule has 0 unspecified atom stereocenters. The number of piperidine rings is 1. The Hall–Kier alpha value is -2.37. The fraction of sp³-hybridized carbons (Fsp3) is 0.500. The molecule has 2 saturated heterocycles. The van der Waals surface area contributed by atoms with Crippen molar-refractivity contribution in [3.05, 3.63) is 48.0 Å². The quantitative estimate of drug-likeness (QED) is 0.830. The maximum absolute atomic E-state index is 13.8. The number of carbonyl (C=O) groups is 1. The Bertz CT molecular complexity index is 831. The van der Waals surface area contributed by atoms with Gasteiger partial charge in [-0.05, 0) is 56.9 Å². The highest BCUT2D eigenvalue weighted by Gasteiger charge is 2.48. The summed E-state index contributed by atoms with van der Waals surface area (Å²) >= 11 is 0. The molecule has 0 spiro atoms. The van der Waals surface area contributed by atoms with Crippen LogP contribution in [0.3, 0.4) is 0 Å². The van der Waals surface area contributed by atoms with Crippen molar-refractivity contribution in [1.82, 2.24) is 14.7 Å². The van der Waals surface area contributed by atoms with Crippen LogP contribution in [0.15, 0.2) is 36.5 Å². The Morgan fingerprint density at radius 2 is 2.12 bits per heavy atom. The van der Waals surface area contributed by atoms with Crippen molar-refractivity contribution in [3.63, 3.8) is 0 Å². The molecule has 2 aromatic rings. The van der Waals surface area contributed by atoms with Gasteiger partial charge in [0.1, 0.15) is 11.5 Å². The molecule has 1 amide bonds. The fourth-order valence-corrected chi connectivity index (χ4v) is 4.85. The molecule has 0 saturated carbocycles. The van der Waals surface area contributed by atoms with E-state index in [2.05, 4.69) is 23.8 Å². The molecule has 0 radical (unpaired) electrons. The first kappa shape index (κ1) is 17.1. The molecule has 5 nitrogen and oxygen atoms in total. The molecular weight excluding hydrogens is 331 g/mol. The summed E-state index contributed by atoms with van der Waals surface area (Å²) in [6.07, 6.45) is 3.54. The smallest absolute Gasteiger partial charge is 0.272 e. The van der Waals surface area contributed by atoms with Gasteiger partial charge >= 0.3 is 0 Å². The SMILES string of the molecule is Cn1nccc1C(=O)N1CC[C@H]2[C@@H](C1)CC(C)(C)N2c1cccc(F)c1. The van der Waals surface area contributed by atoms with Crippen LogP contribution in [0.5, 0.6) is 0 Å². The zero-order valence-corrected chi connectivity index (χ0v) is 15.5. The van der Waals surface area contributed by atoms with Gasteiger partial charge < -0.3 is 9.80 Å². The van der Waals surface area contributed by atoms with Gasteiger partial charge in [-0.15, -0.1) is 0 Å². The van der Waals surface area contributed by atoms with Crippen molar-refractivity contribution >= 4 is 11.6 Å². The second-order valence-corrected chi connectivity index (χ2v) is 8.07. The molecule has 0 N–H and O–H groups in total. The summed E-state index contributed by atoms with van der Waals surface area (Å²) in [5.74, 6) is 0.232. The number of rotatable bonds is 2. The van der Waals surface area contributed by atoms with Crippen molar-refractivity contribution in [1.29, 1.82) is 0 Å². The van der Waals surface area contributed by atoms with E-state index in [1.165, 1.54) is 6.07 Å². The third-order valence-electron chi connectivity index (χ3n) is 5.85. The van der Waals surface area contributed by atoms with E-state index in [0.29, 0.717) is 24.2 Å². The minimum absolute atomic E-state index is 0.0467. The van der Waals surface area contributed by atoms with E-state index in [1.807, 2.05) is 11.0 Å². The molecule has 0 bridgehead atoms. The van der Waals surface area contributed by atoms with Crippen LogP contribution in [0.1, 0.15) is 37.2 Å². The van der Waals surface area contributed by atoms with E-state index in [4.69, 9.17) is 0 Å². The number of hydrogen-bond donors (Lipinski definition) is 0. The predicted octanol–water partition coefficient (Wildman–Crippen LogP) is 3.08. The number of nitrogens with zero attached hydrogens (tertiary/aromatic N) is 4. The van der Waals surface area contributed by atoms with Crippen molar-refractivity contribution in [2.45, 2.75) is 38.3 Å². The summed E-state index contributed by atoms with van der Waals surface area (Å²) in [4.78, 5) is 17.1. The second kappa shape index (κ2) is 6.11. The van der Waals surface area contributed by atoms with Gasteiger partial charge in [0.05, 0.1) is 0 Å². The topological polar surface area (TPSA) is 41.4 Å². The van der Waals surface area contributed by atoms with E-state index in [0.717, 1.165) is 25.1 Å². The van der Waals surface area contributed by atoms with E-state index in [9.17, 15) is 9.18 Å². The van der Waals surface area contributed by atoms with E-state index in [1.54, 1.807) is 36.1 Å². The number of halogens is 1. The second-order valence-electron chi connectivity index (χ2n) is 8.07. The van der Waals surface area contributed by atoms with Crippen LogP contribution in [0.2, 0.25) is 0 Å². The molecule has 2 fully saturated rings. The molecule has 1 aromatic heterocycles. The average Bonchev–Trinajstić information content (AvgIpc) is 3.12. The number of benzene rings is 1. The summed E-state index contributed by atoms with van der Waals surface area (Å²) in [6.45, 7) is 5.88. The fourth-order valence-electron chi connectivity index (χ4n) is 4.85. The van der Waals surface area contributed by atoms with Crippen LogP contribution >= 0.6 is 0 Å². The van der Waals surface area contributed by atoms with Gasteiger partial charge in [0, 0.05) is 43.6 Å². The number of anilines is 1. The number of hydrogen-bond acceptors (Lipinski definition) is 3. The summed E-state index contributed by atoms with van der Waals surface area (Å²) in [7, 11) is 1.80. The van der Waals surface area contributed by atoms with E-state index >= 15 is 0 Å². The lowest BCUT2D eigenvalue weighted by Gasteiger charge is -2.41. The lowest BCUT2D eigenvalue weighted by atomic mass is 9.89. The predicted molar refractivity (Wildman–Crippen MR) is 98.6 cm³/mol. The van der Waals surface area contributed by atoms with Crippen molar-refractivity contribution in [3.8, 4) is 0 Å². The standard InChI is InChI=1S/C20H25FN4O/c1-20(2)12-14-13-24(19(26)18-7-9-22-23(18)3)10-8-17(14)25(20)16-6-4-5-15(21)11-16/h4-7,9,11,14,17H,8,10,12-13H2,1-3H3/t14-,17+/m1/s1. The first-order valence-corrected chi connectivity index (χ1v) is 9.19. The third-order valence-corrected chi connectivity index (χ3v) is 5.85. The number of likely N-dealkylation sites (tertiary alicyclic amines) is 1. The van der Waals surface area contributed by atoms with Crippen LogP contribution in [-0.2, 0) is 7.05 Å². The minimum atomic E-state index is -0.203. The molecule has 2 atom stereocenters. The molecule has 26 heavy (non-hydrogen) atoms. The molecule has 1 aromatic carbocycles. The Labute approximate surface area is 153 Å². The third kappa shape index (κ3) is 2.77. The first-order chi connectivity index (χ1) is 12.4. The maximum atomic E-state index is 13.8. The maximum Gasteiger partial charge on any atom is 0.272 e. The zero-order chi connectivity index (χ0) is 18.5. The molecule has 0 aliphatic carbocycles. The van der Waals surface area contributed by atoms with Crippen LogP contribution in [0, 0.1) is 11.7 Å². The lowest BCUT2D eigenvalue weighted by Crippen LogP contribution is -2.50. The van der Waals surface area contributed by atoms with Gasteiger partial charge in [0.25, 0.3) is 5.91 Å². The minimum Gasteiger partial charge on any atom is -0.363 e. The van der Waals surface area contributed by atoms with Gasteiger partial charge in [-0.3, -0.25) is 9.48 Å². The summed E-state index contributed by atoms with van der Waals surface area (Å²) in [6, 6.07) is 8.97. The molecule has 2 aliphatic heterocycles. The Kier molecular flexibility index (Phi) is 4.01. The molecule has 138 valence electrons. The van der Waals surface area contributed by atoms with Gasteiger partial charge in [-0.2, -0.15) is 5.10 Å². The van der Waals surface area contributed by atoms with Gasteiger partial charge in [0.2, 0.25) is 0 Å². The number of amides is 1. The van der Waals surface area contributed by atoms with Crippen LogP contribution in [0.25, 0.3) is 0 Å². The molecule has 6 heteroatoms. The highest BCUT2D eigenvalue weighted by atomic mass is 19.1. The Morgan fingerprint density at radius 3 is 2.81 bits per heavy atom. The molecular formula is C20H25FN4O. The van der Waals surface area contributed by atoms with Crippen molar-refractivity contribution < 1.29 is 9.18 Å². The van der Waals surface area contributed by atoms with Gasteiger partial charge in [-0.1, -0.05) is 6.07 Å². The molecule has 3 heterocycles. The highest BCUT2D eigenvalue weighted by Crippen LogP contribution is 2.44. The average molecular weight is 356 g/mol. The van der Waals surface area contributed by atoms with Gasteiger partial charge in [-0.25, -0.2) is 4.39 Å². The van der Waals surface area contributed by atoms with Crippen LogP contribution < -0.4 is 4.90 Å². The number of aromatic nitrogens is 2. The number of carbonyl (C=O) groups excluding carboxylic acids is 1. The zero-order valence-electron chi connectivity index (χ0n) is 15.5. The van der Waals surface area contributed by atoms with E-state index < -0.39 is 0 Å². The van der Waals surface area contributed by atoms with Crippen molar-refractivity contribution in [2.24, 2.45) is 13.0 Å². The monoisotopic (exact) mass is 356 g/mol. The molecule has 2 aliphatic rings. The molecule has 4 rings (SSSR count). The van der Waals surface area contributed by atoms with E-state index in [-0.39, 0.29) is 17.3 Å². The summed E-state index contributed by atoms with van der Waals surface area (Å²) < 4.78 is 15.4. The largest absolute Gasteiger partial charge is 0.363 e. The Balaban J connectivity index is 1.57. The summed E-state index contributed by atoms with van der Waals surface area (Å²) in [5.41, 5.74) is 1.51. The highest BCUT2D eigenvalue weighted by molar-refractivity contribution is 5.92. The summed E-state index contributed by atoms with van der Waals surface area (Å²) in [5, 5.41) is 4.11. The first-order valence-electron chi connectivity index (χ1n) is 9.19. The number of aryl methyl sites for hydroxylation is 1. The lowest BCUT2D eigenvalue weighted by molar-refractivity contribution is 0.0656.